The monoisotopic (exact) mass is 241 g/mol. The number of fused-ring (bicyclic) bond motifs is 1. The summed E-state index contributed by atoms with van der Waals surface area (Å²) in [7, 11) is 0. The highest BCUT2D eigenvalue weighted by molar-refractivity contribution is 6.02. The van der Waals surface area contributed by atoms with Crippen LogP contribution < -0.4 is 4.74 Å². The van der Waals surface area contributed by atoms with E-state index in [1.54, 1.807) is 12.1 Å². The van der Waals surface area contributed by atoms with Crippen molar-refractivity contribution in [2.75, 3.05) is 0 Å². The van der Waals surface area contributed by atoms with Crippen LogP contribution in [0.5, 0.6) is 5.75 Å². The molecule has 1 spiro atoms. The summed E-state index contributed by atoms with van der Waals surface area (Å²) < 4.78 is 6.10. The number of rotatable bonds is 0. The van der Waals surface area contributed by atoms with E-state index in [1.807, 2.05) is 6.07 Å². The number of ketones is 1. The minimum atomic E-state index is -0.295. The minimum absolute atomic E-state index is 0.0651. The van der Waals surface area contributed by atoms with Gasteiger partial charge in [-0.05, 0) is 37.8 Å². The maximum absolute atomic E-state index is 12.3. The van der Waals surface area contributed by atoms with E-state index in [9.17, 15) is 4.79 Å². The summed E-state index contributed by atoms with van der Waals surface area (Å²) in [6.45, 7) is 0. The zero-order valence-electron chi connectivity index (χ0n) is 10.2. The highest BCUT2D eigenvalue weighted by Gasteiger charge is 2.42. The second-order valence-electron chi connectivity index (χ2n) is 5.24. The standard InChI is InChI=1S/C15H15NO2/c16-10-11-5-4-6-13-14(11)12(17)9-15(18-13)7-2-1-3-8-15/h4-6H,1-3,7-9H2. The molecule has 1 aliphatic carbocycles. The number of carbonyl (C=O) groups is 1. The van der Waals surface area contributed by atoms with Crippen LogP contribution >= 0.6 is 0 Å². The van der Waals surface area contributed by atoms with E-state index in [1.165, 1.54) is 6.42 Å². The van der Waals surface area contributed by atoms with Gasteiger partial charge in [-0.1, -0.05) is 12.5 Å². The van der Waals surface area contributed by atoms with Crippen LogP contribution in [0.25, 0.3) is 0 Å². The molecule has 1 heterocycles. The number of benzene rings is 1. The van der Waals surface area contributed by atoms with Crippen LogP contribution in [-0.4, -0.2) is 11.4 Å². The summed E-state index contributed by atoms with van der Waals surface area (Å²) in [4.78, 5) is 12.3. The third kappa shape index (κ3) is 1.69. The second kappa shape index (κ2) is 4.13. The molecule has 0 aromatic heterocycles. The maximum Gasteiger partial charge on any atom is 0.171 e. The molecule has 1 saturated carbocycles. The summed E-state index contributed by atoms with van der Waals surface area (Å²) in [5, 5.41) is 9.06. The molecule has 0 atom stereocenters. The van der Waals surface area contributed by atoms with Crippen LogP contribution in [0.2, 0.25) is 0 Å². The van der Waals surface area contributed by atoms with Gasteiger partial charge in [0.15, 0.2) is 5.78 Å². The van der Waals surface area contributed by atoms with Gasteiger partial charge in [0.25, 0.3) is 0 Å². The molecule has 0 amide bonds. The van der Waals surface area contributed by atoms with Gasteiger partial charge in [-0.25, -0.2) is 0 Å². The molecule has 3 nitrogen and oxygen atoms in total. The molecule has 1 aromatic carbocycles. The molecule has 3 rings (SSSR count). The van der Waals surface area contributed by atoms with Gasteiger partial charge in [0.2, 0.25) is 0 Å². The molecule has 0 saturated heterocycles. The Balaban J connectivity index is 2.03. The fourth-order valence-corrected chi connectivity index (χ4v) is 3.12. The first kappa shape index (κ1) is 11.3. The van der Waals surface area contributed by atoms with Crippen molar-refractivity contribution >= 4 is 5.78 Å². The van der Waals surface area contributed by atoms with Crippen LogP contribution in [-0.2, 0) is 0 Å². The van der Waals surface area contributed by atoms with E-state index in [0.29, 0.717) is 23.3 Å². The second-order valence-corrected chi connectivity index (χ2v) is 5.24. The first-order valence-corrected chi connectivity index (χ1v) is 6.49. The van der Waals surface area contributed by atoms with Crippen molar-refractivity contribution < 1.29 is 9.53 Å². The van der Waals surface area contributed by atoms with E-state index in [-0.39, 0.29) is 11.4 Å². The minimum Gasteiger partial charge on any atom is -0.486 e. The van der Waals surface area contributed by atoms with Gasteiger partial charge in [-0.15, -0.1) is 0 Å². The Morgan fingerprint density at radius 2 is 2.00 bits per heavy atom. The summed E-state index contributed by atoms with van der Waals surface area (Å²) in [6.07, 6.45) is 5.81. The molecule has 0 bridgehead atoms. The Morgan fingerprint density at radius 3 is 2.72 bits per heavy atom. The zero-order valence-corrected chi connectivity index (χ0v) is 10.2. The lowest BCUT2D eigenvalue weighted by molar-refractivity contribution is 0.0136. The first-order chi connectivity index (χ1) is 8.74. The van der Waals surface area contributed by atoms with Crippen LogP contribution in [0.4, 0.5) is 0 Å². The third-order valence-corrected chi connectivity index (χ3v) is 4.00. The van der Waals surface area contributed by atoms with Gasteiger partial charge in [0, 0.05) is 0 Å². The molecule has 92 valence electrons. The predicted molar refractivity (Wildman–Crippen MR) is 66.5 cm³/mol. The van der Waals surface area contributed by atoms with Gasteiger partial charge in [-0.3, -0.25) is 4.79 Å². The van der Waals surface area contributed by atoms with Gasteiger partial charge in [0.05, 0.1) is 17.5 Å². The Bertz CT molecular complexity index is 536. The van der Waals surface area contributed by atoms with Crippen molar-refractivity contribution in [1.29, 1.82) is 5.26 Å². The lowest BCUT2D eigenvalue weighted by Crippen LogP contribution is -2.43. The Morgan fingerprint density at radius 1 is 1.22 bits per heavy atom. The van der Waals surface area contributed by atoms with Crippen LogP contribution in [0, 0.1) is 11.3 Å². The first-order valence-electron chi connectivity index (χ1n) is 6.49. The molecule has 3 heteroatoms. The van der Waals surface area contributed by atoms with Crippen LogP contribution in [0.15, 0.2) is 18.2 Å². The van der Waals surface area contributed by atoms with Crippen LogP contribution in [0.1, 0.15) is 54.4 Å². The Labute approximate surface area is 106 Å². The van der Waals surface area contributed by atoms with Crippen LogP contribution in [0.3, 0.4) is 0 Å². The summed E-state index contributed by atoms with van der Waals surface area (Å²) >= 11 is 0. The van der Waals surface area contributed by atoms with E-state index >= 15 is 0 Å². The number of nitriles is 1. The SMILES string of the molecule is N#Cc1cccc2c1C(=O)CC1(CCCCC1)O2. The lowest BCUT2D eigenvalue weighted by atomic mass is 9.78. The molecule has 1 aliphatic heterocycles. The predicted octanol–water partition coefficient (Wildman–Crippen LogP) is 3.23. The maximum atomic E-state index is 12.3. The Hall–Kier alpha value is -1.82. The van der Waals surface area contributed by atoms with Gasteiger partial charge < -0.3 is 4.74 Å². The van der Waals surface area contributed by atoms with Crippen molar-refractivity contribution in [3.63, 3.8) is 0 Å². The average molecular weight is 241 g/mol. The number of ether oxygens (including phenoxy) is 1. The van der Waals surface area contributed by atoms with Gasteiger partial charge >= 0.3 is 0 Å². The van der Waals surface area contributed by atoms with E-state index < -0.39 is 0 Å². The highest BCUT2D eigenvalue weighted by Crippen LogP contribution is 2.42. The van der Waals surface area contributed by atoms with Crippen molar-refractivity contribution in [3.05, 3.63) is 29.3 Å². The summed E-state index contributed by atoms with van der Waals surface area (Å²) in [5.41, 5.74) is 0.621. The molecular weight excluding hydrogens is 226 g/mol. The number of hydrogen-bond donors (Lipinski definition) is 0. The number of nitrogens with zero attached hydrogens (tertiary/aromatic N) is 1. The molecule has 0 radical (unpaired) electrons. The molecule has 0 unspecified atom stereocenters. The molecule has 2 aliphatic rings. The zero-order chi connectivity index (χ0) is 12.6. The smallest absolute Gasteiger partial charge is 0.171 e. The summed E-state index contributed by atoms with van der Waals surface area (Å²) in [5.74, 6) is 0.669. The highest BCUT2D eigenvalue weighted by atomic mass is 16.5. The normalized spacial score (nSPS) is 20.9. The number of carbonyl (C=O) groups excluding carboxylic acids is 1. The largest absolute Gasteiger partial charge is 0.486 e. The number of hydrogen-bond acceptors (Lipinski definition) is 3. The quantitative estimate of drug-likeness (QED) is 0.700. The molecule has 18 heavy (non-hydrogen) atoms. The lowest BCUT2D eigenvalue weighted by Gasteiger charge is -2.40. The van der Waals surface area contributed by atoms with Gasteiger partial charge in [-0.2, -0.15) is 5.26 Å². The van der Waals surface area contributed by atoms with E-state index in [0.717, 1.165) is 25.7 Å². The van der Waals surface area contributed by atoms with Crippen molar-refractivity contribution in [1.82, 2.24) is 0 Å². The molecule has 0 N–H and O–H groups in total. The molecule has 1 aromatic rings. The number of Topliss-reactive ketones (excluding diaryl/α,β-unsaturated/α-hetero) is 1. The van der Waals surface area contributed by atoms with Crippen molar-refractivity contribution in [3.8, 4) is 11.8 Å². The molecule has 1 fully saturated rings. The fraction of sp³-hybridized carbons (Fsp3) is 0.467. The molecular formula is C15H15NO2. The Kier molecular flexibility index (Phi) is 2.59. The summed E-state index contributed by atoms with van der Waals surface area (Å²) in [6, 6.07) is 7.35. The fourth-order valence-electron chi connectivity index (χ4n) is 3.12. The van der Waals surface area contributed by atoms with Crippen molar-refractivity contribution in [2.24, 2.45) is 0 Å². The average Bonchev–Trinajstić information content (AvgIpc) is 2.38. The van der Waals surface area contributed by atoms with Gasteiger partial charge in [0.1, 0.15) is 17.4 Å². The van der Waals surface area contributed by atoms with Crippen molar-refractivity contribution in [2.45, 2.75) is 44.1 Å². The van der Waals surface area contributed by atoms with E-state index in [4.69, 9.17) is 10.00 Å². The third-order valence-electron chi connectivity index (χ3n) is 4.00. The van der Waals surface area contributed by atoms with E-state index in [2.05, 4.69) is 6.07 Å². The topological polar surface area (TPSA) is 50.1 Å².